The molecule has 1 amide bonds. The van der Waals surface area contributed by atoms with Gasteiger partial charge in [-0.1, -0.05) is 30.3 Å². The lowest BCUT2D eigenvalue weighted by molar-refractivity contribution is 0.102. The van der Waals surface area contributed by atoms with E-state index in [1.54, 1.807) is 24.7 Å². The predicted octanol–water partition coefficient (Wildman–Crippen LogP) is 3.62. The van der Waals surface area contributed by atoms with Crippen molar-refractivity contribution in [1.82, 2.24) is 35.0 Å². The van der Waals surface area contributed by atoms with Gasteiger partial charge in [0.25, 0.3) is 5.91 Å². The highest BCUT2D eigenvalue weighted by Crippen LogP contribution is 2.28. The minimum absolute atomic E-state index is 0.0140. The average Bonchev–Trinajstić information content (AvgIpc) is 3.37. The monoisotopic (exact) mass is 442 g/mol. The third-order valence-corrected chi connectivity index (χ3v) is 5.35. The Hall–Kier alpha value is -4.47. The Morgan fingerprint density at radius 2 is 1.85 bits per heavy atom. The van der Waals surface area contributed by atoms with Gasteiger partial charge in [0.15, 0.2) is 11.5 Å². The Kier molecular flexibility index (Phi) is 4.89. The zero-order valence-electron chi connectivity index (χ0n) is 18.1. The van der Waals surface area contributed by atoms with Crippen molar-refractivity contribution in [1.29, 1.82) is 0 Å². The highest BCUT2D eigenvalue weighted by molar-refractivity contribution is 6.13. The van der Waals surface area contributed by atoms with E-state index in [1.165, 1.54) is 22.9 Å². The predicted molar refractivity (Wildman–Crippen MR) is 120 cm³/mol. The summed E-state index contributed by atoms with van der Waals surface area (Å²) in [5.74, 6) is -0.511. The van der Waals surface area contributed by atoms with Crippen LogP contribution in [0.4, 0.5) is 10.1 Å². The fourth-order valence-corrected chi connectivity index (χ4v) is 3.78. The molecule has 0 aliphatic rings. The van der Waals surface area contributed by atoms with E-state index in [2.05, 4.69) is 25.9 Å². The van der Waals surface area contributed by atoms with E-state index in [9.17, 15) is 9.18 Å². The number of rotatable bonds is 4. The van der Waals surface area contributed by atoms with Gasteiger partial charge in [-0.15, -0.1) is 5.10 Å². The summed E-state index contributed by atoms with van der Waals surface area (Å²) in [6, 6.07) is 15.5. The number of aromatic nitrogens is 7. The van der Waals surface area contributed by atoms with Crippen LogP contribution in [0.1, 0.15) is 21.9 Å². The molecule has 0 saturated heterocycles. The molecule has 3 aromatic heterocycles. The van der Waals surface area contributed by atoms with Crippen molar-refractivity contribution >= 4 is 22.6 Å². The molecule has 0 aliphatic heterocycles. The van der Waals surface area contributed by atoms with E-state index in [0.29, 0.717) is 39.5 Å². The minimum Gasteiger partial charge on any atom is -0.319 e. The number of carbonyl (C=O) groups excluding carboxylic acids is 1. The Morgan fingerprint density at radius 3 is 2.58 bits per heavy atom. The number of anilines is 1. The largest absolute Gasteiger partial charge is 0.319 e. The van der Waals surface area contributed by atoms with E-state index in [-0.39, 0.29) is 5.69 Å². The number of pyridine rings is 1. The molecule has 5 aromatic rings. The van der Waals surface area contributed by atoms with Crippen LogP contribution in [0.15, 0.2) is 54.6 Å². The SMILES string of the molecule is Cc1nn(C)c2nc(-c3ccccc3)cc(C(=O)Nc3cc(-n4nnnc4C)ccc3F)c12. The molecular formula is C23H19FN8O. The molecule has 0 aliphatic carbocycles. The third kappa shape index (κ3) is 3.61. The molecular weight excluding hydrogens is 423 g/mol. The quantitative estimate of drug-likeness (QED) is 0.456. The number of fused-ring (bicyclic) bond motifs is 1. The van der Waals surface area contributed by atoms with Gasteiger partial charge in [0.2, 0.25) is 0 Å². The zero-order valence-corrected chi connectivity index (χ0v) is 18.1. The summed E-state index contributed by atoms with van der Waals surface area (Å²) in [6.45, 7) is 3.54. The number of tetrazole rings is 1. The van der Waals surface area contributed by atoms with Gasteiger partial charge in [-0.25, -0.2) is 9.37 Å². The fraction of sp³-hybridized carbons (Fsp3) is 0.130. The molecule has 1 N–H and O–H groups in total. The van der Waals surface area contributed by atoms with Crippen molar-refractivity contribution in [2.75, 3.05) is 5.32 Å². The number of amides is 1. The second kappa shape index (κ2) is 7.90. The van der Waals surface area contributed by atoms with Crippen LogP contribution < -0.4 is 5.32 Å². The molecule has 164 valence electrons. The Labute approximate surface area is 187 Å². The molecule has 5 rings (SSSR count). The lowest BCUT2D eigenvalue weighted by Gasteiger charge is -2.11. The molecule has 3 heterocycles. The van der Waals surface area contributed by atoms with Crippen molar-refractivity contribution in [2.45, 2.75) is 13.8 Å². The van der Waals surface area contributed by atoms with E-state index in [0.717, 1.165) is 5.56 Å². The maximum atomic E-state index is 14.6. The first-order valence-corrected chi connectivity index (χ1v) is 10.2. The number of hydrogen-bond acceptors (Lipinski definition) is 6. The number of nitrogens with one attached hydrogen (secondary N) is 1. The number of carbonyl (C=O) groups is 1. The summed E-state index contributed by atoms with van der Waals surface area (Å²) in [7, 11) is 1.77. The lowest BCUT2D eigenvalue weighted by atomic mass is 10.0. The average molecular weight is 442 g/mol. The first kappa shape index (κ1) is 20.4. The summed E-state index contributed by atoms with van der Waals surface area (Å²) in [4.78, 5) is 18.1. The first-order valence-electron chi connectivity index (χ1n) is 10.2. The fourth-order valence-electron chi connectivity index (χ4n) is 3.78. The first-order chi connectivity index (χ1) is 15.9. The normalized spacial score (nSPS) is 11.2. The molecule has 10 heteroatoms. The molecule has 0 saturated carbocycles. The summed E-state index contributed by atoms with van der Waals surface area (Å²) >= 11 is 0. The van der Waals surface area contributed by atoms with Crippen LogP contribution in [-0.2, 0) is 7.05 Å². The standard InChI is InChI=1S/C23H19FN8O/c1-13-21-17(12-19(15-7-5-4-6-8-15)25-22(21)31(3)28-13)23(33)26-20-11-16(9-10-18(20)24)32-14(2)27-29-30-32/h4-12H,1-3H3,(H,26,33). The van der Waals surface area contributed by atoms with E-state index < -0.39 is 11.7 Å². The highest BCUT2D eigenvalue weighted by atomic mass is 19.1. The van der Waals surface area contributed by atoms with Crippen LogP contribution in [-0.4, -0.2) is 40.9 Å². The number of nitrogens with zero attached hydrogens (tertiary/aromatic N) is 7. The van der Waals surface area contributed by atoms with Crippen molar-refractivity contribution in [2.24, 2.45) is 7.05 Å². The van der Waals surface area contributed by atoms with Crippen LogP contribution in [0.3, 0.4) is 0 Å². The van der Waals surface area contributed by atoms with Gasteiger partial charge in [-0.2, -0.15) is 9.78 Å². The van der Waals surface area contributed by atoms with Gasteiger partial charge in [-0.05, 0) is 48.5 Å². The minimum atomic E-state index is -0.575. The molecule has 0 unspecified atom stereocenters. The maximum Gasteiger partial charge on any atom is 0.256 e. The number of benzene rings is 2. The summed E-state index contributed by atoms with van der Waals surface area (Å²) in [5, 5.41) is 19.1. The molecule has 0 fully saturated rings. The van der Waals surface area contributed by atoms with Crippen molar-refractivity contribution in [3.05, 3.63) is 77.5 Å². The van der Waals surface area contributed by atoms with Crippen LogP contribution in [0.2, 0.25) is 0 Å². The molecule has 0 spiro atoms. The van der Waals surface area contributed by atoms with Gasteiger partial charge in [-0.3, -0.25) is 9.48 Å². The third-order valence-electron chi connectivity index (χ3n) is 5.35. The lowest BCUT2D eigenvalue weighted by Crippen LogP contribution is -2.15. The van der Waals surface area contributed by atoms with Gasteiger partial charge in [0, 0.05) is 12.6 Å². The van der Waals surface area contributed by atoms with Gasteiger partial charge in [0.05, 0.1) is 33.7 Å². The van der Waals surface area contributed by atoms with Crippen molar-refractivity contribution in [3.8, 4) is 16.9 Å². The zero-order chi connectivity index (χ0) is 23.1. The summed E-state index contributed by atoms with van der Waals surface area (Å²) in [5.41, 5.74) is 3.59. The van der Waals surface area contributed by atoms with Crippen LogP contribution in [0, 0.1) is 19.7 Å². The van der Waals surface area contributed by atoms with Gasteiger partial charge >= 0.3 is 0 Å². The molecule has 0 atom stereocenters. The smallest absolute Gasteiger partial charge is 0.256 e. The van der Waals surface area contributed by atoms with Crippen molar-refractivity contribution in [3.63, 3.8) is 0 Å². The number of aryl methyl sites for hydroxylation is 3. The number of hydrogen-bond donors (Lipinski definition) is 1. The Balaban J connectivity index is 1.60. The Bertz CT molecular complexity index is 1510. The van der Waals surface area contributed by atoms with E-state index in [1.807, 2.05) is 37.3 Å². The van der Waals surface area contributed by atoms with E-state index in [4.69, 9.17) is 4.98 Å². The van der Waals surface area contributed by atoms with Crippen LogP contribution in [0.5, 0.6) is 0 Å². The highest BCUT2D eigenvalue weighted by Gasteiger charge is 2.20. The molecule has 33 heavy (non-hydrogen) atoms. The summed E-state index contributed by atoms with van der Waals surface area (Å²) < 4.78 is 17.7. The van der Waals surface area contributed by atoms with Crippen LogP contribution in [0.25, 0.3) is 28.0 Å². The topological polar surface area (TPSA) is 103 Å². The molecule has 0 radical (unpaired) electrons. The second-order valence-corrected chi connectivity index (χ2v) is 7.58. The molecule has 2 aromatic carbocycles. The second-order valence-electron chi connectivity index (χ2n) is 7.58. The van der Waals surface area contributed by atoms with Crippen LogP contribution >= 0.6 is 0 Å². The van der Waals surface area contributed by atoms with Gasteiger partial charge in [0.1, 0.15) is 5.82 Å². The van der Waals surface area contributed by atoms with E-state index >= 15 is 0 Å². The maximum absolute atomic E-state index is 14.6. The molecule has 9 nitrogen and oxygen atoms in total. The number of halogens is 1. The summed E-state index contributed by atoms with van der Waals surface area (Å²) in [6.07, 6.45) is 0. The van der Waals surface area contributed by atoms with Crippen molar-refractivity contribution < 1.29 is 9.18 Å². The van der Waals surface area contributed by atoms with Gasteiger partial charge < -0.3 is 5.32 Å². The Morgan fingerprint density at radius 1 is 1.06 bits per heavy atom. The molecule has 0 bridgehead atoms.